The van der Waals surface area contributed by atoms with E-state index in [1.54, 1.807) is 0 Å². The van der Waals surface area contributed by atoms with Crippen LogP contribution in [-0.4, -0.2) is 13.3 Å². The zero-order valence-electron chi connectivity index (χ0n) is 9.75. The normalized spacial score (nSPS) is 10.4. The summed E-state index contributed by atoms with van der Waals surface area (Å²) in [7, 11) is 0. The van der Waals surface area contributed by atoms with Crippen LogP contribution in [0.2, 0.25) is 0 Å². The van der Waals surface area contributed by atoms with Gasteiger partial charge < -0.3 is 4.74 Å². The monoisotopic (exact) mass is 223 g/mol. The number of halogens is 1. The van der Waals surface area contributed by atoms with E-state index in [1.807, 2.05) is 24.3 Å². The van der Waals surface area contributed by atoms with Crippen LogP contribution in [0.3, 0.4) is 0 Å². The van der Waals surface area contributed by atoms with Gasteiger partial charge in [-0.05, 0) is 50.3 Å². The van der Waals surface area contributed by atoms with Crippen LogP contribution < -0.4 is 4.74 Å². The lowest BCUT2D eigenvalue weighted by atomic mass is 10.2. The van der Waals surface area contributed by atoms with Crippen LogP contribution in [0.4, 0.5) is 4.39 Å². The Morgan fingerprint density at radius 2 is 1.69 bits per heavy atom. The van der Waals surface area contributed by atoms with Gasteiger partial charge in [-0.25, -0.2) is 0 Å². The Morgan fingerprint density at radius 3 is 2.31 bits per heavy atom. The molecule has 0 bridgehead atoms. The minimum atomic E-state index is -0.201. The summed E-state index contributed by atoms with van der Waals surface area (Å²) in [6.45, 7) is 4.34. The molecule has 1 rings (SSSR count). The van der Waals surface area contributed by atoms with Crippen LogP contribution in [0.1, 0.15) is 31.2 Å². The van der Waals surface area contributed by atoms with Crippen LogP contribution in [0.5, 0.6) is 5.75 Å². The van der Waals surface area contributed by atoms with Gasteiger partial charge in [0.15, 0.2) is 0 Å². The van der Waals surface area contributed by atoms with Crippen molar-refractivity contribution >= 4 is 0 Å². The maximum absolute atomic E-state index is 11.8. The van der Waals surface area contributed by atoms with E-state index in [9.17, 15) is 4.39 Å². The molecule has 0 aliphatic carbocycles. The van der Waals surface area contributed by atoms with E-state index >= 15 is 0 Å². The van der Waals surface area contributed by atoms with Crippen LogP contribution in [0.15, 0.2) is 24.3 Å². The van der Waals surface area contributed by atoms with E-state index in [2.05, 4.69) is 6.92 Å². The molecule has 1 aromatic rings. The Labute approximate surface area is 97.6 Å². The zero-order valence-corrected chi connectivity index (χ0v) is 9.75. The molecule has 16 heavy (non-hydrogen) atoms. The van der Waals surface area contributed by atoms with Crippen molar-refractivity contribution in [2.75, 3.05) is 13.3 Å². The van der Waals surface area contributed by atoms with Gasteiger partial charge in [0.05, 0.1) is 13.3 Å². The van der Waals surface area contributed by atoms with E-state index in [4.69, 9.17) is 4.74 Å². The summed E-state index contributed by atoms with van der Waals surface area (Å²) in [5.74, 6) is 0.905. The number of unbranched alkanes of at least 4 members (excludes halogenated alkanes) is 3. The summed E-state index contributed by atoms with van der Waals surface area (Å²) in [5, 5.41) is 0. The molecule has 0 heterocycles. The Bertz CT molecular complexity index is 269. The van der Waals surface area contributed by atoms with Gasteiger partial charge in [0.1, 0.15) is 5.75 Å². The minimum Gasteiger partial charge on any atom is -0.494 e. The summed E-state index contributed by atoms with van der Waals surface area (Å²) in [5.41, 5.74) is 1.22. The second kappa shape index (κ2) is 8.14. The highest BCUT2D eigenvalue weighted by Gasteiger charge is 1.94. The molecule has 0 spiro atoms. The number of benzene rings is 1. The predicted molar refractivity (Wildman–Crippen MR) is 65.4 cm³/mol. The van der Waals surface area contributed by atoms with Gasteiger partial charge in [-0.1, -0.05) is 18.6 Å². The van der Waals surface area contributed by atoms with Crippen molar-refractivity contribution in [1.29, 1.82) is 0 Å². The molecule has 0 aromatic heterocycles. The Kier molecular flexibility index (Phi) is 6.62. The number of alkyl halides is 1. The van der Waals surface area contributed by atoms with Crippen molar-refractivity contribution in [3.8, 4) is 5.75 Å². The Hall–Kier alpha value is -1.05. The Morgan fingerprint density at radius 1 is 1.00 bits per heavy atom. The fourth-order valence-corrected chi connectivity index (χ4v) is 1.49. The topological polar surface area (TPSA) is 9.23 Å². The van der Waals surface area contributed by atoms with Crippen molar-refractivity contribution in [2.45, 2.75) is 32.1 Å². The first-order valence-corrected chi connectivity index (χ1v) is 5.93. The Balaban J connectivity index is 2.12. The van der Waals surface area contributed by atoms with Crippen LogP contribution >= 0.6 is 0 Å². The summed E-state index contributed by atoms with van der Waals surface area (Å²) < 4.78 is 17.4. The predicted octanol–water partition coefficient (Wildman–Crippen LogP) is 3.97. The van der Waals surface area contributed by atoms with E-state index < -0.39 is 0 Å². The minimum absolute atomic E-state index is 0.201. The lowest BCUT2D eigenvalue weighted by molar-refractivity contribution is 0.303. The highest BCUT2D eigenvalue weighted by Crippen LogP contribution is 2.13. The fourth-order valence-electron chi connectivity index (χ4n) is 1.49. The smallest absolute Gasteiger partial charge is 0.119 e. The van der Waals surface area contributed by atoms with Crippen molar-refractivity contribution in [3.63, 3.8) is 0 Å². The van der Waals surface area contributed by atoms with Gasteiger partial charge in [-0.2, -0.15) is 0 Å². The van der Waals surface area contributed by atoms with Crippen LogP contribution in [0, 0.1) is 6.92 Å². The van der Waals surface area contributed by atoms with E-state index in [0.29, 0.717) is 6.42 Å². The molecule has 0 saturated heterocycles. The molecule has 0 amide bonds. The molecule has 0 aliphatic heterocycles. The molecule has 0 saturated carbocycles. The zero-order chi connectivity index (χ0) is 11.6. The first-order chi connectivity index (χ1) is 7.86. The molecular formula is C14H20FO. The number of ether oxygens (including phenoxy) is 1. The maximum Gasteiger partial charge on any atom is 0.119 e. The SMILES string of the molecule is [CH2]Cc1ccc(OCCCCCCF)cc1. The van der Waals surface area contributed by atoms with E-state index in [-0.39, 0.29) is 6.67 Å². The maximum atomic E-state index is 11.8. The average Bonchev–Trinajstić information content (AvgIpc) is 2.34. The first-order valence-electron chi connectivity index (χ1n) is 5.93. The van der Waals surface area contributed by atoms with Crippen molar-refractivity contribution in [1.82, 2.24) is 0 Å². The molecule has 0 unspecified atom stereocenters. The lowest BCUT2D eigenvalue weighted by Crippen LogP contribution is -1.97. The molecule has 89 valence electrons. The van der Waals surface area contributed by atoms with Gasteiger partial charge in [0, 0.05) is 0 Å². The van der Waals surface area contributed by atoms with E-state index in [1.165, 1.54) is 5.56 Å². The molecule has 2 heteroatoms. The van der Waals surface area contributed by atoms with Gasteiger partial charge in [-0.3, -0.25) is 4.39 Å². The third kappa shape index (κ3) is 5.15. The second-order valence-corrected chi connectivity index (χ2v) is 3.85. The quantitative estimate of drug-likeness (QED) is 0.606. The molecule has 1 radical (unpaired) electrons. The van der Waals surface area contributed by atoms with Gasteiger partial charge in [0.25, 0.3) is 0 Å². The van der Waals surface area contributed by atoms with Crippen molar-refractivity contribution in [2.24, 2.45) is 0 Å². The van der Waals surface area contributed by atoms with Gasteiger partial charge >= 0.3 is 0 Å². The molecule has 1 aromatic carbocycles. The number of rotatable bonds is 8. The molecule has 0 fully saturated rings. The molecule has 0 aliphatic rings. The molecule has 0 atom stereocenters. The van der Waals surface area contributed by atoms with Crippen molar-refractivity contribution < 1.29 is 9.13 Å². The fraction of sp³-hybridized carbons (Fsp3) is 0.500. The number of hydrogen-bond acceptors (Lipinski definition) is 1. The third-order valence-electron chi connectivity index (χ3n) is 2.51. The molecule has 1 nitrogen and oxygen atoms in total. The molecular weight excluding hydrogens is 203 g/mol. The standard InChI is InChI=1S/C14H20FO/c1-2-13-7-9-14(10-8-13)16-12-6-4-3-5-11-15/h7-10H,1-6,11-12H2. The third-order valence-corrected chi connectivity index (χ3v) is 2.51. The second-order valence-electron chi connectivity index (χ2n) is 3.85. The van der Waals surface area contributed by atoms with Gasteiger partial charge in [0.2, 0.25) is 0 Å². The number of hydrogen-bond donors (Lipinski definition) is 0. The van der Waals surface area contributed by atoms with E-state index in [0.717, 1.165) is 38.0 Å². The largest absolute Gasteiger partial charge is 0.494 e. The van der Waals surface area contributed by atoms with Gasteiger partial charge in [-0.15, -0.1) is 0 Å². The summed E-state index contributed by atoms with van der Waals surface area (Å²) in [4.78, 5) is 0. The van der Waals surface area contributed by atoms with Crippen LogP contribution in [0.25, 0.3) is 0 Å². The summed E-state index contributed by atoms with van der Waals surface area (Å²) >= 11 is 0. The highest BCUT2D eigenvalue weighted by atomic mass is 19.1. The van der Waals surface area contributed by atoms with Crippen molar-refractivity contribution in [3.05, 3.63) is 36.8 Å². The highest BCUT2D eigenvalue weighted by molar-refractivity contribution is 5.27. The average molecular weight is 223 g/mol. The lowest BCUT2D eigenvalue weighted by Gasteiger charge is -2.06. The molecule has 0 N–H and O–H groups in total. The van der Waals surface area contributed by atoms with Crippen LogP contribution in [-0.2, 0) is 6.42 Å². The summed E-state index contributed by atoms with van der Waals surface area (Å²) in [6.07, 6.45) is 4.49. The summed E-state index contributed by atoms with van der Waals surface area (Å²) in [6, 6.07) is 8.01. The first kappa shape index (κ1) is 13.0.